The molecule has 1 aliphatic carbocycles. The molecule has 1 aromatic carbocycles. The second-order valence-electron chi connectivity index (χ2n) is 5.35. The first-order chi connectivity index (χ1) is 9.78. The molecule has 104 valence electrons. The summed E-state index contributed by atoms with van der Waals surface area (Å²) in [6, 6.07) is 9.46. The van der Waals surface area contributed by atoms with E-state index in [-0.39, 0.29) is 0 Å². The number of fused-ring (bicyclic) bond motifs is 1. The van der Waals surface area contributed by atoms with E-state index in [1.807, 2.05) is 14.0 Å². The summed E-state index contributed by atoms with van der Waals surface area (Å²) in [7, 11) is 1.84. The van der Waals surface area contributed by atoms with Gasteiger partial charge in [-0.25, -0.2) is 0 Å². The molecule has 20 heavy (non-hydrogen) atoms. The molecule has 1 unspecified atom stereocenters. The van der Waals surface area contributed by atoms with Crippen LogP contribution in [0.5, 0.6) is 0 Å². The lowest BCUT2D eigenvalue weighted by Crippen LogP contribution is -2.37. The summed E-state index contributed by atoms with van der Waals surface area (Å²) in [5.74, 6) is 1.03. The van der Waals surface area contributed by atoms with Gasteiger partial charge in [-0.1, -0.05) is 18.2 Å². The third-order valence-electron chi connectivity index (χ3n) is 4.06. The second-order valence-corrected chi connectivity index (χ2v) is 6.13. The van der Waals surface area contributed by atoms with E-state index < -0.39 is 0 Å². The molecule has 0 spiro atoms. The van der Waals surface area contributed by atoms with Gasteiger partial charge in [0, 0.05) is 13.1 Å². The molecule has 1 heterocycles. The van der Waals surface area contributed by atoms with Gasteiger partial charge >= 0.3 is 0 Å². The normalized spacial score (nSPS) is 18.7. The van der Waals surface area contributed by atoms with E-state index in [1.54, 1.807) is 11.3 Å². The highest BCUT2D eigenvalue weighted by molar-refractivity contribution is 7.08. The van der Waals surface area contributed by atoms with Crippen molar-refractivity contribution in [2.45, 2.75) is 32.2 Å². The highest BCUT2D eigenvalue weighted by Gasteiger charge is 2.21. The van der Waals surface area contributed by atoms with Crippen LogP contribution in [0.15, 0.2) is 40.0 Å². The number of hydrogen-bond donors (Lipinski definition) is 1. The lowest BCUT2D eigenvalue weighted by atomic mass is 9.84. The lowest BCUT2D eigenvalue weighted by Gasteiger charge is -2.27. The zero-order valence-corrected chi connectivity index (χ0v) is 12.8. The summed E-state index contributed by atoms with van der Waals surface area (Å²) >= 11 is 1.77. The van der Waals surface area contributed by atoms with E-state index in [0.717, 1.165) is 18.7 Å². The number of nitrogens with zero attached hydrogens (tertiary/aromatic N) is 1. The van der Waals surface area contributed by atoms with E-state index in [4.69, 9.17) is 0 Å². The van der Waals surface area contributed by atoms with E-state index >= 15 is 0 Å². The molecule has 2 nitrogen and oxygen atoms in total. The van der Waals surface area contributed by atoms with Crippen molar-refractivity contribution in [3.05, 3.63) is 46.2 Å². The first-order valence-corrected chi connectivity index (χ1v) is 8.05. The Kier molecular flexibility index (Phi) is 3.88. The fraction of sp³-hybridized carbons (Fsp3) is 0.353. The Morgan fingerprint density at radius 1 is 1.35 bits per heavy atom. The van der Waals surface area contributed by atoms with Gasteiger partial charge in [-0.2, -0.15) is 11.3 Å². The number of rotatable bonds is 2. The predicted molar refractivity (Wildman–Crippen MR) is 87.7 cm³/mol. The van der Waals surface area contributed by atoms with Crippen LogP contribution in [0, 0.1) is 0 Å². The number of hydrogen-bond acceptors (Lipinski definition) is 2. The van der Waals surface area contributed by atoms with Crippen LogP contribution in [0.2, 0.25) is 0 Å². The molecule has 0 fully saturated rings. The third-order valence-corrected chi connectivity index (χ3v) is 4.75. The molecule has 0 saturated carbocycles. The molecule has 0 amide bonds. The van der Waals surface area contributed by atoms with Crippen LogP contribution in [0.25, 0.3) is 11.1 Å². The van der Waals surface area contributed by atoms with Crippen LogP contribution in [0.3, 0.4) is 0 Å². The van der Waals surface area contributed by atoms with Crippen LogP contribution in [-0.2, 0) is 12.8 Å². The van der Waals surface area contributed by atoms with E-state index in [9.17, 15) is 0 Å². The van der Waals surface area contributed by atoms with Gasteiger partial charge in [0.05, 0.1) is 5.84 Å². The van der Waals surface area contributed by atoms with E-state index in [0.29, 0.717) is 6.04 Å². The minimum Gasteiger partial charge on any atom is -0.371 e. The zero-order valence-electron chi connectivity index (χ0n) is 12.0. The van der Waals surface area contributed by atoms with Crippen LogP contribution < -0.4 is 5.32 Å². The smallest absolute Gasteiger partial charge is 0.0930 e. The fourth-order valence-corrected chi connectivity index (χ4v) is 3.63. The fourth-order valence-electron chi connectivity index (χ4n) is 2.98. The van der Waals surface area contributed by atoms with Gasteiger partial charge in [0.2, 0.25) is 0 Å². The Morgan fingerprint density at radius 3 is 3.00 bits per heavy atom. The van der Waals surface area contributed by atoms with E-state index in [2.05, 4.69) is 45.3 Å². The number of amidine groups is 1. The molecule has 0 aliphatic heterocycles. The average molecular weight is 284 g/mol. The van der Waals surface area contributed by atoms with Crippen molar-refractivity contribution in [2.24, 2.45) is 4.99 Å². The molecule has 1 atom stereocenters. The summed E-state index contributed by atoms with van der Waals surface area (Å²) in [4.78, 5) is 4.20. The molecule has 0 radical (unpaired) electrons. The third kappa shape index (κ3) is 2.63. The molecule has 1 aromatic heterocycles. The Labute approximate surface area is 124 Å². The van der Waals surface area contributed by atoms with Crippen molar-refractivity contribution >= 4 is 17.2 Å². The first kappa shape index (κ1) is 13.4. The predicted octanol–water partition coefficient (Wildman–Crippen LogP) is 3.91. The van der Waals surface area contributed by atoms with Gasteiger partial charge in [-0.15, -0.1) is 0 Å². The van der Waals surface area contributed by atoms with Crippen molar-refractivity contribution in [3.8, 4) is 11.1 Å². The first-order valence-electron chi connectivity index (χ1n) is 7.11. The van der Waals surface area contributed by atoms with Crippen LogP contribution in [-0.4, -0.2) is 18.9 Å². The van der Waals surface area contributed by atoms with Crippen LogP contribution in [0.4, 0.5) is 0 Å². The number of aliphatic imine (C=N–C) groups is 1. The van der Waals surface area contributed by atoms with Crippen LogP contribution >= 0.6 is 11.3 Å². The Balaban J connectivity index is 1.87. The molecule has 3 heteroatoms. The largest absolute Gasteiger partial charge is 0.371 e. The van der Waals surface area contributed by atoms with Gasteiger partial charge < -0.3 is 5.32 Å². The summed E-state index contributed by atoms with van der Waals surface area (Å²) in [6.07, 6.45) is 3.43. The quantitative estimate of drug-likeness (QED) is 0.656. The maximum absolute atomic E-state index is 4.20. The Morgan fingerprint density at radius 2 is 2.25 bits per heavy atom. The van der Waals surface area contributed by atoms with Gasteiger partial charge in [0.15, 0.2) is 0 Å². The Bertz CT molecular complexity index is 614. The van der Waals surface area contributed by atoms with Crippen molar-refractivity contribution in [3.63, 3.8) is 0 Å². The molecular formula is C17H20N2S. The summed E-state index contributed by atoms with van der Waals surface area (Å²) in [5.41, 5.74) is 5.81. The summed E-state index contributed by atoms with van der Waals surface area (Å²) in [6.45, 7) is 2.04. The van der Waals surface area contributed by atoms with Crippen molar-refractivity contribution in [1.82, 2.24) is 5.32 Å². The summed E-state index contributed by atoms with van der Waals surface area (Å²) < 4.78 is 0. The molecule has 3 rings (SSSR count). The van der Waals surface area contributed by atoms with Gasteiger partial charge in [-0.05, 0) is 65.3 Å². The van der Waals surface area contributed by atoms with Crippen molar-refractivity contribution in [2.75, 3.05) is 7.05 Å². The standard InChI is InChI=1S/C17H20N2S/c1-12(18-2)19-15-6-7-17-13(10-15)4-3-5-16(17)14-8-9-20-11-14/h3-5,8-9,11,15H,6-7,10H2,1-2H3,(H,18,19). The zero-order chi connectivity index (χ0) is 13.9. The lowest BCUT2D eigenvalue weighted by molar-refractivity contribution is 0.528. The molecule has 1 aliphatic rings. The molecule has 2 aromatic rings. The molecule has 0 bridgehead atoms. The highest BCUT2D eigenvalue weighted by atomic mass is 32.1. The minimum absolute atomic E-state index is 0.518. The van der Waals surface area contributed by atoms with Gasteiger partial charge in [-0.3, -0.25) is 4.99 Å². The number of nitrogens with one attached hydrogen (secondary N) is 1. The molecule has 1 N–H and O–H groups in total. The second kappa shape index (κ2) is 5.80. The maximum atomic E-state index is 4.20. The monoisotopic (exact) mass is 284 g/mol. The average Bonchev–Trinajstić information content (AvgIpc) is 3.00. The number of thiophene rings is 1. The SMILES string of the molecule is CN=C(C)NC1CCc2c(cccc2-c2ccsc2)C1. The van der Waals surface area contributed by atoms with Gasteiger partial charge in [0.25, 0.3) is 0 Å². The maximum Gasteiger partial charge on any atom is 0.0930 e. The van der Waals surface area contributed by atoms with E-state index in [1.165, 1.54) is 28.7 Å². The Hall–Kier alpha value is -1.61. The number of benzene rings is 1. The molecular weight excluding hydrogens is 264 g/mol. The highest BCUT2D eigenvalue weighted by Crippen LogP contribution is 2.32. The van der Waals surface area contributed by atoms with Crippen LogP contribution in [0.1, 0.15) is 24.5 Å². The summed E-state index contributed by atoms with van der Waals surface area (Å²) in [5, 5.41) is 7.92. The topological polar surface area (TPSA) is 24.4 Å². The van der Waals surface area contributed by atoms with Crippen molar-refractivity contribution < 1.29 is 0 Å². The molecule has 0 saturated heterocycles. The van der Waals surface area contributed by atoms with Crippen molar-refractivity contribution in [1.29, 1.82) is 0 Å². The van der Waals surface area contributed by atoms with Gasteiger partial charge in [0.1, 0.15) is 0 Å². The minimum atomic E-state index is 0.518.